The Labute approximate surface area is 176 Å². The molecular weight excluding hydrogens is 378 g/mol. The van der Waals surface area contributed by atoms with Crippen molar-refractivity contribution in [2.24, 2.45) is 0 Å². The van der Waals surface area contributed by atoms with E-state index in [2.05, 4.69) is 10.6 Å². The highest BCUT2D eigenvalue weighted by atomic mass is 16.5. The van der Waals surface area contributed by atoms with Gasteiger partial charge in [-0.1, -0.05) is 30.3 Å². The van der Waals surface area contributed by atoms with E-state index < -0.39 is 0 Å². The van der Waals surface area contributed by atoms with Gasteiger partial charge in [0.15, 0.2) is 0 Å². The molecule has 0 N–H and O–H groups in total. The second-order valence-electron chi connectivity index (χ2n) is 8.11. The summed E-state index contributed by atoms with van der Waals surface area (Å²) in [5, 5.41) is 0. The number of amides is 1. The molecule has 2 saturated heterocycles. The van der Waals surface area contributed by atoms with E-state index in [1.807, 2.05) is 53.4 Å². The number of nitrogens with zero attached hydrogens (tertiary/aromatic N) is 3. The number of para-hydroxylation sites is 3. The van der Waals surface area contributed by atoms with Crippen molar-refractivity contribution >= 4 is 16.9 Å². The molecule has 0 radical (unpaired) electrons. The van der Waals surface area contributed by atoms with Gasteiger partial charge in [-0.15, -0.1) is 0 Å². The van der Waals surface area contributed by atoms with Crippen molar-refractivity contribution in [1.29, 1.82) is 0 Å². The number of aromatic nitrogens is 2. The molecule has 2 aliphatic rings. The molecule has 0 aliphatic carbocycles. The first-order valence-electron chi connectivity index (χ1n) is 10.8. The van der Waals surface area contributed by atoms with Gasteiger partial charge in [0.05, 0.1) is 23.7 Å². The molecule has 2 aromatic carbocycles. The quantitative estimate of drug-likeness (QED) is 0.603. The fraction of sp³-hybridized carbons (Fsp3) is 0.417. The third-order valence-corrected chi connectivity index (χ3v) is 6.04. The van der Waals surface area contributed by atoms with E-state index in [1.165, 1.54) is 0 Å². The van der Waals surface area contributed by atoms with E-state index >= 15 is 0 Å². The molecule has 6 nitrogen and oxygen atoms in total. The predicted octanol–water partition coefficient (Wildman–Crippen LogP) is 3.61. The van der Waals surface area contributed by atoms with E-state index in [0.29, 0.717) is 32.7 Å². The van der Waals surface area contributed by atoms with E-state index in [-0.39, 0.29) is 17.9 Å². The summed E-state index contributed by atoms with van der Waals surface area (Å²) in [5.41, 5.74) is 2.06. The molecule has 5 rings (SSSR count). The molecule has 1 aromatic heterocycles. The number of hydrogen-bond donors (Lipinski definition) is 0. The molecule has 156 valence electrons. The molecule has 0 unspecified atom stereocenters. The van der Waals surface area contributed by atoms with Crippen LogP contribution in [0.2, 0.25) is 0 Å². The monoisotopic (exact) mass is 405 g/mol. The van der Waals surface area contributed by atoms with E-state index in [9.17, 15) is 4.79 Å². The van der Waals surface area contributed by atoms with Gasteiger partial charge in [-0.25, -0.2) is 4.98 Å². The molecule has 2 atom stereocenters. The molecule has 0 saturated carbocycles. The summed E-state index contributed by atoms with van der Waals surface area (Å²) < 4.78 is 13.9. The Morgan fingerprint density at radius 1 is 1.10 bits per heavy atom. The standard InChI is InChI=1S/C24H27N3O3/c28-23-15-18(16-26(23)17-20-9-6-13-29-20)24-25-21-10-4-5-11-22(21)27(24)12-14-30-19-7-2-1-3-8-19/h1-5,7-8,10-11,18,20H,6,9,12-17H2/t18-,20+/m1/s1. The minimum Gasteiger partial charge on any atom is -0.492 e. The average molecular weight is 405 g/mol. The Balaban J connectivity index is 1.34. The Bertz CT molecular complexity index is 1010. The van der Waals surface area contributed by atoms with Crippen LogP contribution in [-0.2, 0) is 16.1 Å². The number of carbonyl (C=O) groups excluding carboxylic acids is 1. The summed E-state index contributed by atoms with van der Waals surface area (Å²) >= 11 is 0. The number of hydrogen-bond acceptors (Lipinski definition) is 4. The van der Waals surface area contributed by atoms with Crippen LogP contribution in [0.3, 0.4) is 0 Å². The third-order valence-electron chi connectivity index (χ3n) is 6.04. The summed E-state index contributed by atoms with van der Waals surface area (Å²) in [6.45, 7) is 3.47. The minimum absolute atomic E-state index is 0.100. The summed E-state index contributed by atoms with van der Waals surface area (Å²) in [6, 6.07) is 18.0. The van der Waals surface area contributed by atoms with Crippen molar-refractivity contribution in [3.05, 3.63) is 60.4 Å². The smallest absolute Gasteiger partial charge is 0.223 e. The number of ether oxygens (including phenoxy) is 2. The molecule has 3 heterocycles. The van der Waals surface area contributed by atoms with Crippen molar-refractivity contribution in [2.75, 3.05) is 26.3 Å². The lowest BCUT2D eigenvalue weighted by molar-refractivity contribution is -0.129. The Morgan fingerprint density at radius 3 is 2.77 bits per heavy atom. The van der Waals surface area contributed by atoms with Gasteiger partial charge in [-0.05, 0) is 37.1 Å². The Hall–Kier alpha value is -2.86. The van der Waals surface area contributed by atoms with Crippen LogP contribution in [0.4, 0.5) is 0 Å². The van der Waals surface area contributed by atoms with Crippen LogP contribution in [0, 0.1) is 0 Å². The normalized spacial score (nSPS) is 21.6. The average Bonchev–Trinajstić information content (AvgIpc) is 3.49. The van der Waals surface area contributed by atoms with Crippen LogP contribution in [-0.4, -0.2) is 52.8 Å². The van der Waals surface area contributed by atoms with Gasteiger partial charge in [-0.3, -0.25) is 4.79 Å². The summed E-state index contributed by atoms with van der Waals surface area (Å²) in [4.78, 5) is 19.6. The van der Waals surface area contributed by atoms with Crippen LogP contribution in [0.15, 0.2) is 54.6 Å². The van der Waals surface area contributed by atoms with Crippen molar-refractivity contribution in [2.45, 2.75) is 37.8 Å². The van der Waals surface area contributed by atoms with Crippen molar-refractivity contribution in [1.82, 2.24) is 14.5 Å². The second kappa shape index (κ2) is 8.48. The largest absolute Gasteiger partial charge is 0.492 e. The first-order valence-corrected chi connectivity index (χ1v) is 10.8. The van der Waals surface area contributed by atoms with Crippen molar-refractivity contribution < 1.29 is 14.3 Å². The van der Waals surface area contributed by atoms with Crippen molar-refractivity contribution in [3.63, 3.8) is 0 Å². The number of rotatable bonds is 7. The summed E-state index contributed by atoms with van der Waals surface area (Å²) in [7, 11) is 0. The van der Waals surface area contributed by atoms with Gasteiger partial charge >= 0.3 is 0 Å². The number of likely N-dealkylation sites (tertiary alicyclic amines) is 1. The number of benzene rings is 2. The summed E-state index contributed by atoms with van der Waals surface area (Å²) in [5.74, 6) is 2.15. The van der Waals surface area contributed by atoms with Gasteiger partial charge < -0.3 is 18.9 Å². The fourth-order valence-electron chi connectivity index (χ4n) is 4.57. The van der Waals surface area contributed by atoms with Crippen LogP contribution < -0.4 is 4.74 Å². The highest BCUT2D eigenvalue weighted by Crippen LogP contribution is 2.31. The molecule has 3 aromatic rings. The molecule has 0 bridgehead atoms. The maximum atomic E-state index is 12.7. The van der Waals surface area contributed by atoms with Gasteiger partial charge in [-0.2, -0.15) is 0 Å². The topological polar surface area (TPSA) is 56.6 Å². The zero-order valence-corrected chi connectivity index (χ0v) is 17.1. The number of fused-ring (bicyclic) bond motifs is 1. The van der Waals surface area contributed by atoms with Gasteiger partial charge in [0.1, 0.15) is 18.2 Å². The molecular formula is C24H27N3O3. The zero-order valence-electron chi connectivity index (χ0n) is 17.1. The molecule has 2 fully saturated rings. The first kappa shape index (κ1) is 19.1. The Morgan fingerprint density at radius 2 is 1.93 bits per heavy atom. The highest BCUT2D eigenvalue weighted by Gasteiger charge is 2.35. The predicted molar refractivity (Wildman–Crippen MR) is 115 cm³/mol. The SMILES string of the molecule is O=C1C[C@@H](c2nc3ccccc3n2CCOc2ccccc2)CN1C[C@@H]1CCCO1. The minimum atomic E-state index is 0.100. The Kier molecular flexibility index (Phi) is 5.41. The highest BCUT2D eigenvalue weighted by molar-refractivity contribution is 5.81. The molecule has 2 aliphatic heterocycles. The third kappa shape index (κ3) is 3.92. The maximum Gasteiger partial charge on any atom is 0.223 e. The van der Waals surface area contributed by atoms with Gasteiger partial charge in [0, 0.05) is 32.0 Å². The van der Waals surface area contributed by atoms with Crippen LogP contribution in [0.25, 0.3) is 11.0 Å². The van der Waals surface area contributed by atoms with Crippen LogP contribution in [0.5, 0.6) is 5.75 Å². The fourth-order valence-corrected chi connectivity index (χ4v) is 4.57. The van der Waals surface area contributed by atoms with Crippen molar-refractivity contribution in [3.8, 4) is 5.75 Å². The van der Waals surface area contributed by atoms with Gasteiger partial charge in [0.25, 0.3) is 0 Å². The lowest BCUT2D eigenvalue weighted by Gasteiger charge is -2.20. The lowest BCUT2D eigenvalue weighted by atomic mass is 10.1. The lowest BCUT2D eigenvalue weighted by Crippen LogP contribution is -2.33. The van der Waals surface area contributed by atoms with Crippen LogP contribution in [0.1, 0.15) is 31.0 Å². The number of carbonyl (C=O) groups is 1. The molecule has 1 amide bonds. The number of imidazole rings is 1. The van der Waals surface area contributed by atoms with E-state index in [4.69, 9.17) is 14.5 Å². The zero-order chi connectivity index (χ0) is 20.3. The van der Waals surface area contributed by atoms with Gasteiger partial charge in [0.2, 0.25) is 5.91 Å². The maximum absolute atomic E-state index is 12.7. The molecule has 0 spiro atoms. The van der Waals surface area contributed by atoms with E-state index in [1.54, 1.807) is 0 Å². The second-order valence-corrected chi connectivity index (χ2v) is 8.11. The van der Waals surface area contributed by atoms with Crippen LogP contribution >= 0.6 is 0 Å². The van der Waals surface area contributed by atoms with E-state index in [0.717, 1.165) is 42.1 Å². The molecule has 30 heavy (non-hydrogen) atoms. The molecule has 6 heteroatoms. The summed E-state index contributed by atoms with van der Waals surface area (Å²) in [6.07, 6.45) is 2.83. The first-order chi connectivity index (χ1) is 14.8.